The van der Waals surface area contributed by atoms with Gasteiger partial charge in [-0.1, -0.05) is 0 Å². The molecule has 2 saturated heterocycles. The average molecular weight is 278 g/mol. The van der Waals surface area contributed by atoms with E-state index in [-0.39, 0.29) is 0 Å². The second kappa shape index (κ2) is 5.27. The van der Waals surface area contributed by atoms with Gasteiger partial charge in [-0.2, -0.15) is 5.10 Å². The minimum absolute atomic E-state index is 0.454. The molecular formula is C14H22N4O2. The van der Waals surface area contributed by atoms with E-state index >= 15 is 0 Å². The fraction of sp³-hybridized carbons (Fsp3) is 0.714. The van der Waals surface area contributed by atoms with Gasteiger partial charge in [0.15, 0.2) is 11.6 Å². The molecule has 0 saturated carbocycles. The van der Waals surface area contributed by atoms with Gasteiger partial charge in [-0.15, -0.1) is 5.10 Å². The first kappa shape index (κ1) is 13.7. The van der Waals surface area contributed by atoms with Crippen molar-refractivity contribution in [2.75, 3.05) is 31.2 Å². The molecule has 2 aliphatic rings. The molecular weight excluding hydrogens is 256 g/mol. The molecule has 0 unspecified atom stereocenters. The highest BCUT2D eigenvalue weighted by Crippen LogP contribution is 2.33. The Morgan fingerprint density at radius 1 is 1.25 bits per heavy atom. The quantitative estimate of drug-likeness (QED) is 0.866. The molecule has 1 aromatic heterocycles. The summed E-state index contributed by atoms with van der Waals surface area (Å²) >= 11 is 0. The van der Waals surface area contributed by atoms with Crippen molar-refractivity contribution < 1.29 is 9.47 Å². The van der Waals surface area contributed by atoms with Gasteiger partial charge in [-0.25, -0.2) is 0 Å². The van der Waals surface area contributed by atoms with Gasteiger partial charge in [0.1, 0.15) is 0 Å². The summed E-state index contributed by atoms with van der Waals surface area (Å²) in [5.74, 6) is 0.429. The standard InChI is InChI=1S/C14H22N4O2/c1-10-11(2)16-17-13(12(10)8-15)18-5-3-4-14(9-18)19-6-7-20-14/h3-9,15H2,1-2H3. The van der Waals surface area contributed by atoms with Crippen molar-refractivity contribution in [1.82, 2.24) is 10.2 Å². The first-order valence-electron chi connectivity index (χ1n) is 7.21. The van der Waals surface area contributed by atoms with E-state index in [4.69, 9.17) is 15.2 Å². The van der Waals surface area contributed by atoms with Gasteiger partial charge in [-0.3, -0.25) is 0 Å². The third-order valence-corrected chi connectivity index (χ3v) is 4.29. The Morgan fingerprint density at radius 3 is 2.70 bits per heavy atom. The number of nitrogens with zero attached hydrogens (tertiary/aromatic N) is 3. The number of hydrogen-bond donors (Lipinski definition) is 1. The van der Waals surface area contributed by atoms with Gasteiger partial charge in [-0.05, 0) is 25.8 Å². The molecule has 3 heterocycles. The molecule has 0 bridgehead atoms. The lowest BCUT2D eigenvalue weighted by Gasteiger charge is -2.39. The predicted molar refractivity (Wildman–Crippen MR) is 75.5 cm³/mol. The van der Waals surface area contributed by atoms with E-state index in [1.54, 1.807) is 0 Å². The Kier molecular flexibility index (Phi) is 3.62. The zero-order valence-electron chi connectivity index (χ0n) is 12.2. The fourth-order valence-corrected chi connectivity index (χ4v) is 3.04. The van der Waals surface area contributed by atoms with Gasteiger partial charge < -0.3 is 20.1 Å². The van der Waals surface area contributed by atoms with Crippen molar-refractivity contribution in [1.29, 1.82) is 0 Å². The molecule has 0 radical (unpaired) electrons. The smallest absolute Gasteiger partial charge is 0.186 e. The number of anilines is 1. The Labute approximate surface area is 119 Å². The number of hydrogen-bond acceptors (Lipinski definition) is 6. The lowest BCUT2D eigenvalue weighted by atomic mass is 10.0. The average Bonchev–Trinajstić information content (AvgIpc) is 2.89. The van der Waals surface area contributed by atoms with Gasteiger partial charge in [0.2, 0.25) is 0 Å². The number of ether oxygens (including phenoxy) is 2. The first-order valence-corrected chi connectivity index (χ1v) is 7.21. The van der Waals surface area contributed by atoms with Crippen molar-refractivity contribution >= 4 is 5.82 Å². The Hall–Kier alpha value is -1.24. The van der Waals surface area contributed by atoms with Gasteiger partial charge in [0.05, 0.1) is 25.5 Å². The van der Waals surface area contributed by atoms with Crippen LogP contribution in [-0.2, 0) is 16.0 Å². The largest absolute Gasteiger partial charge is 0.349 e. The van der Waals surface area contributed by atoms with E-state index in [9.17, 15) is 0 Å². The lowest BCUT2D eigenvalue weighted by molar-refractivity contribution is -0.161. The van der Waals surface area contributed by atoms with Crippen LogP contribution in [0.3, 0.4) is 0 Å². The zero-order valence-corrected chi connectivity index (χ0v) is 12.2. The van der Waals surface area contributed by atoms with Crippen molar-refractivity contribution in [2.24, 2.45) is 5.73 Å². The Balaban J connectivity index is 1.90. The van der Waals surface area contributed by atoms with E-state index in [2.05, 4.69) is 22.0 Å². The second-order valence-electron chi connectivity index (χ2n) is 5.55. The molecule has 0 aromatic carbocycles. The predicted octanol–water partition coefficient (Wildman–Crippen LogP) is 0.895. The van der Waals surface area contributed by atoms with Crippen LogP contribution >= 0.6 is 0 Å². The van der Waals surface area contributed by atoms with Crippen molar-refractivity contribution in [2.45, 2.75) is 39.0 Å². The maximum atomic E-state index is 5.92. The summed E-state index contributed by atoms with van der Waals surface area (Å²) in [6.45, 7) is 7.50. The van der Waals surface area contributed by atoms with Crippen LogP contribution in [0.25, 0.3) is 0 Å². The van der Waals surface area contributed by atoms with Crippen LogP contribution in [0.2, 0.25) is 0 Å². The summed E-state index contributed by atoms with van der Waals surface area (Å²) in [6.07, 6.45) is 1.97. The highest BCUT2D eigenvalue weighted by atomic mass is 16.7. The van der Waals surface area contributed by atoms with Crippen LogP contribution in [0.15, 0.2) is 0 Å². The van der Waals surface area contributed by atoms with Crippen molar-refractivity contribution in [3.05, 3.63) is 16.8 Å². The summed E-state index contributed by atoms with van der Waals surface area (Å²) in [7, 11) is 0. The summed E-state index contributed by atoms with van der Waals surface area (Å²) in [5, 5.41) is 8.62. The van der Waals surface area contributed by atoms with Gasteiger partial charge >= 0.3 is 0 Å². The molecule has 3 rings (SSSR count). The minimum atomic E-state index is -0.454. The minimum Gasteiger partial charge on any atom is -0.349 e. The molecule has 2 N–H and O–H groups in total. The summed E-state index contributed by atoms with van der Waals surface area (Å²) in [6, 6.07) is 0. The van der Waals surface area contributed by atoms with Crippen LogP contribution in [0.1, 0.15) is 29.7 Å². The van der Waals surface area contributed by atoms with Crippen LogP contribution in [0.4, 0.5) is 5.82 Å². The number of rotatable bonds is 2. The summed E-state index contributed by atoms with van der Waals surface area (Å²) in [5.41, 5.74) is 9.06. The molecule has 0 aliphatic carbocycles. The SMILES string of the molecule is Cc1nnc(N2CCCC3(C2)OCCO3)c(CN)c1C. The molecule has 0 atom stereocenters. The monoisotopic (exact) mass is 278 g/mol. The molecule has 2 aliphatic heterocycles. The molecule has 6 heteroatoms. The van der Waals surface area contributed by atoms with E-state index < -0.39 is 5.79 Å². The van der Waals surface area contributed by atoms with E-state index in [0.717, 1.165) is 42.0 Å². The Morgan fingerprint density at radius 2 is 2.00 bits per heavy atom. The molecule has 1 aromatic rings. The third kappa shape index (κ3) is 2.28. The number of piperidine rings is 1. The first-order chi connectivity index (χ1) is 9.65. The zero-order chi connectivity index (χ0) is 14.2. The van der Waals surface area contributed by atoms with Crippen LogP contribution in [0.5, 0.6) is 0 Å². The van der Waals surface area contributed by atoms with Crippen molar-refractivity contribution in [3.63, 3.8) is 0 Å². The maximum absolute atomic E-state index is 5.92. The molecule has 1 spiro atoms. The van der Waals surface area contributed by atoms with Crippen LogP contribution in [0, 0.1) is 13.8 Å². The van der Waals surface area contributed by atoms with E-state index in [1.165, 1.54) is 0 Å². The number of nitrogens with two attached hydrogens (primary N) is 1. The van der Waals surface area contributed by atoms with E-state index in [0.29, 0.717) is 26.3 Å². The lowest BCUT2D eigenvalue weighted by Crippen LogP contribution is -2.49. The van der Waals surface area contributed by atoms with Crippen LogP contribution < -0.4 is 10.6 Å². The molecule has 0 amide bonds. The number of aromatic nitrogens is 2. The summed E-state index contributed by atoms with van der Waals surface area (Å²) < 4.78 is 11.6. The Bertz CT molecular complexity index is 500. The molecule has 2 fully saturated rings. The molecule has 6 nitrogen and oxygen atoms in total. The third-order valence-electron chi connectivity index (χ3n) is 4.29. The maximum Gasteiger partial charge on any atom is 0.186 e. The van der Waals surface area contributed by atoms with Gasteiger partial charge in [0, 0.05) is 25.1 Å². The topological polar surface area (TPSA) is 73.5 Å². The second-order valence-corrected chi connectivity index (χ2v) is 5.55. The number of aryl methyl sites for hydroxylation is 1. The molecule has 20 heavy (non-hydrogen) atoms. The van der Waals surface area contributed by atoms with Crippen molar-refractivity contribution in [3.8, 4) is 0 Å². The highest BCUT2D eigenvalue weighted by Gasteiger charge is 2.41. The summed E-state index contributed by atoms with van der Waals surface area (Å²) in [4.78, 5) is 2.20. The molecule has 110 valence electrons. The van der Waals surface area contributed by atoms with Crippen LogP contribution in [-0.4, -0.2) is 42.3 Å². The normalized spacial score (nSPS) is 21.6. The van der Waals surface area contributed by atoms with Gasteiger partial charge in [0.25, 0.3) is 0 Å². The fourth-order valence-electron chi connectivity index (χ4n) is 3.04. The highest BCUT2D eigenvalue weighted by molar-refractivity contribution is 5.51. The van der Waals surface area contributed by atoms with E-state index in [1.807, 2.05) is 6.92 Å².